The van der Waals surface area contributed by atoms with Crippen LogP contribution in [0.15, 0.2) is 18.2 Å². The zero-order valence-electron chi connectivity index (χ0n) is 12.0. The quantitative estimate of drug-likeness (QED) is 0.657. The molecule has 1 aromatic rings. The summed E-state index contributed by atoms with van der Waals surface area (Å²) in [4.78, 5) is 0. The van der Waals surface area contributed by atoms with Crippen molar-refractivity contribution in [1.29, 1.82) is 0 Å². The molecule has 0 aliphatic rings. The van der Waals surface area contributed by atoms with Gasteiger partial charge in [-0.05, 0) is 51.4 Å². The van der Waals surface area contributed by atoms with Gasteiger partial charge in [-0.2, -0.15) is 13.2 Å². The average molecular weight is 289 g/mol. The van der Waals surface area contributed by atoms with Gasteiger partial charge >= 0.3 is 13.7 Å². The summed E-state index contributed by atoms with van der Waals surface area (Å²) in [5, 5.41) is 9.94. The second-order valence-electron chi connectivity index (χ2n) is 5.77. The first-order valence-electron chi connectivity index (χ1n) is 6.16. The first-order chi connectivity index (χ1) is 8.84. The van der Waals surface area contributed by atoms with Crippen LogP contribution in [-0.2, 0) is 10.8 Å². The molecule has 0 heterocycles. The molecule has 0 aliphatic carbocycles. The summed E-state index contributed by atoms with van der Waals surface area (Å²) in [6.07, 6.45) is -4.47. The van der Waals surface area contributed by atoms with E-state index in [1.54, 1.807) is 13.8 Å². The average Bonchev–Trinajstić information content (AvgIpc) is 2.23. The Morgan fingerprint density at radius 2 is 1.70 bits per heavy atom. The Labute approximate surface area is 117 Å². The summed E-state index contributed by atoms with van der Waals surface area (Å²) in [5.41, 5.74) is 2.74. The summed E-state index contributed by atoms with van der Waals surface area (Å²) in [5.74, 6) is 0. The molecule has 0 saturated heterocycles. The maximum atomic E-state index is 12.9. The van der Waals surface area contributed by atoms with Gasteiger partial charge < -0.3 is 15.5 Å². The van der Waals surface area contributed by atoms with Crippen molar-refractivity contribution in [2.24, 2.45) is 0 Å². The topological polar surface area (TPSA) is 55.5 Å². The van der Waals surface area contributed by atoms with E-state index in [-0.39, 0.29) is 18.6 Å². The Hall–Kier alpha value is -1.21. The highest BCUT2D eigenvalue weighted by Crippen LogP contribution is 2.29. The maximum absolute atomic E-state index is 12.9. The predicted molar refractivity (Wildman–Crippen MR) is 74.1 cm³/mol. The van der Waals surface area contributed by atoms with Crippen LogP contribution in [0.3, 0.4) is 0 Å². The van der Waals surface area contributed by atoms with E-state index >= 15 is 0 Å². The molecule has 3 nitrogen and oxygen atoms in total. The smallest absolute Gasteiger partial charge is 0.415 e. The van der Waals surface area contributed by atoms with Gasteiger partial charge in [0.05, 0.1) is 16.8 Å². The molecule has 112 valence electrons. The van der Waals surface area contributed by atoms with Crippen LogP contribution in [0.25, 0.3) is 0 Å². The van der Waals surface area contributed by atoms with E-state index in [4.69, 9.17) is 10.4 Å². The lowest BCUT2D eigenvalue weighted by Gasteiger charge is -2.37. The fourth-order valence-corrected chi connectivity index (χ4v) is 1.44. The fourth-order valence-electron chi connectivity index (χ4n) is 1.44. The lowest BCUT2D eigenvalue weighted by Crippen LogP contribution is -2.49. The molecule has 0 amide bonds. The van der Waals surface area contributed by atoms with E-state index in [9.17, 15) is 18.3 Å². The molecule has 0 aliphatic heterocycles. The van der Waals surface area contributed by atoms with Crippen LogP contribution >= 0.6 is 0 Å². The van der Waals surface area contributed by atoms with Gasteiger partial charge in [0, 0.05) is 5.69 Å². The van der Waals surface area contributed by atoms with E-state index in [0.717, 1.165) is 6.07 Å². The lowest BCUT2D eigenvalue weighted by molar-refractivity contribution is -0.136. The molecule has 1 aromatic carbocycles. The minimum absolute atomic E-state index is 0.0465. The van der Waals surface area contributed by atoms with Crippen LogP contribution in [0.4, 0.5) is 18.9 Å². The third kappa shape index (κ3) is 3.90. The van der Waals surface area contributed by atoms with Crippen molar-refractivity contribution in [2.75, 3.05) is 5.73 Å². The van der Waals surface area contributed by atoms with Gasteiger partial charge in [0.15, 0.2) is 0 Å². The van der Waals surface area contributed by atoms with Crippen molar-refractivity contribution in [3.63, 3.8) is 0 Å². The number of hydrogen-bond acceptors (Lipinski definition) is 3. The van der Waals surface area contributed by atoms with Crippen molar-refractivity contribution in [3.8, 4) is 0 Å². The van der Waals surface area contributed by atoms with E-state index in [2.05, 4.69) is 0 Å². The largest absolute Gasteiger partial charge is 0.427 e. The molecule has 20 heavy (non-hydrogen) atoms. The van der Waals surface area contributed by atoms with E-state index in [1.807, 2.05) is 0 Å². The molecule has 3 N–H and O–H groups in total. The van der Waals surface area contributed by atoms with Crippen LogP contribution in [-0.4, -0.2) is 23.8 Å². The lowest BCUT2D eigenvalue weighted by atomic mass is 9.80. The van der Waals surface area contributed by atoms with Gasteiger partial charge in [0.1, 0.15) is 0 Å². The number of nitrogens with two attached hydrogens (primary N) is 1. The molecule has 0 aromatic heterocycles. The SMILES string of the molecule is CC(C)(O)C(C)(C)OBc1cc(N)ccc1C(F)(F)F. The van der Waals surface area contributed by atoms with Crippen molar-refractivity contribution in [2.45, 2.75) is 45.1 Å². The summed E-state index contributed by atoms with van der Waals surface area (Å²) in [7, 11) is -0.281. The van der Waals surface area contributed by atoms with Gasteiger partial charge in [-0.15, -0.1) is 0 Å². The zero-order chi connectivity index (χ0) is 15.8. The maximum Gasteiger partial charge on any atom is 0.415 e. The highest BCUT2D eigenvalue weighted by molar-refractivity contribution is 6.48. The number of anilines is 1. The van der Waals surface area contributed by atoms with Crippen LogP contribution in [0, 0.1) is 0 Å². The van der Waals surface area contributed by atoms with E-state index < -0.39 is 22.9 Å². The number of alkyl halides is 3. The Balaban J connectivity index is 3.02. The molecule has 1 rings (SSSR count). The second-order valence-corrected chi connectivity index (χ2v) is 5.77. The zero-order valence-corrected chi connectivity index (χ0v) is 12.0. The summed E-state index contributed by atoms with van der Waals surface area (Å²) in [6, 6.07) is 3.38. The Morgan fingerprint density at radius 1 is 1.15 bits per heavy atom. The minimum atomic E-state index is -4.47. The van der Waals surface area contributed by atoms with E-state index in [1.165, 1.54) is 26.0 Å². The van der Waals surface area contributed by atoms with Gasteiger partial charge in [-0.3, -0.25) is 0 Å². The summed E-state index contributed by atoms with van der Waals surface area (Å²) < 4.78 is 44.1. The van der Waals surface area contributed by atoms with Crippen LogP contribution in [0.5, 0.6) is 0 Å². The van der Waals surface area contributed by atoms with Crippen LogP contribution in [0.2, 0.25) is 0 Å². The molecule has 0 atom stereocenters. The van der Waals surface area contributed by atoms with Gasteiger partial charge in [-0.1, -0.05) is 0 Å². The van der Waals surface area contributed by atoms with Gasteiger partial charge in [0.25, 0.3) is 0 Å². The molecule has 0 saturated carbocycles. The highest BCUT2D eigenvalue weighted by atomic mass is 19.4. The van der Waals surface area contributed by atoms with Crippen LogP contribution in [0.1, 0.15) is 33.3 Å². The summed E-state index contributed by atoms with van der Waals surface area (Å²) >= 11 is 0. The summed E-state index contributed by atoms with van der Waals surface area (Å²) in [6.45, 7) is 6.31. The first kappa shape index (κ1) is 16.8. The van der Waals surface area contributed by atoms with Crippen molar-refractivity contribution in [3.05, 3.63) is 23.8 Å². The molecule has 0 fully saturated rings. The van der Waals surface area contributed by atoms with Crippen LogP contribution < -0.4 is 11.2 Å². The Bertz CT molecular complexity index is 481. The fraction of sp³-hybridized carbons (Fsp3) is 0.538. The first-order valence-corrected chi connectivity index (χ1v) is 6.16. The van der Waals surface area contributed by atoms with E-state index in [0.29, 0.717) is 0 Å². The number of aliphatic hydroxyl groups is 1. The standard InChI is InChI=1S/C13H19BF3NO2/c1-11(2,19)12(3,4)20-14-10-7-8(18)5-6-9(10)13(15,16)17/h5-7,14,19H,18H2,1-4H3. The number of halogens is 3. The molecule has 0 unspecified atom stereocenters. The normalized spacial score (nSPS) is 13.4. The molecule has 0 spiro atoms. The monoisotopic (exact) mass is 289 g/mol. The van der Waals surface area contributed by atoms with Gasteiger partial charge in [-0.25, -0.2) is 0 Å². The molecule has 0 bridgehead atoms. The van der Waals surface area contributed by atoms with Crippen molar-refractivity contribution >= 4 is 18.6 Å². The molecule has 0 radical (unpaired) electrons. The number of rotatable bonds is 4. The minimum Gasteiger partial charge on any atom is -0.427 e. The molecular weight excluding hydrogens is 270 g/mol. The number of hydrogen-bond donors (Lipinski definition) is 2. The number of nitrogen functional groups attached to an aromatic ring is 1. The highest BCUT2D eigenvalue weighted by Gasteiger charge is 2.38. The van der Waals surface area contributed by atoms with Crippen molar-refractivity contribution < 1.29 is 22.9 Å². The number of benzene rings is 1. The van der Waals surface area contributed by atoms with Crippen molar-refractivity contribution in [1.82, 2.24) is 0 Å². The molecule has 7 heteroatoms. The van der Waals surface area contributed by atoms with Gasteiger partial charge in [0.2, 0.25) is 0 Å². The Morgan fingerprint density at radius 3 is 2.15 bits per heavy atom. The third-order valence-electron chi connectivity index (χ3n) is 3.50. The third-order valence-corrected chi connectivity index (χ3v) is 3.50. The molecular formula is C13H19BF3NO2. The Kier molecular flexibility index (Phi) is 4.46. The predicted octanol–water partition coefficient (Wildman–Crippen LogP) is 1.83. The second kappa shape index (κ2) is 5.29.